The zero-order chi connectivity index (χ0) is 9.03. The first kappa shape index (κ1) is 9.96. The standard InChI is InChI=1S/C9H18O3/c1-8(11-2)5-9(6-10)3-4-12-7-9/h8,10H,3-7H2,1-2H3. The first-order valence-corrected chi connectivity index (χ1v) is 4.44. The number of methoxy groups -OCH3 is 1. The minimum atomic E-state index is -0.0323. The van der Waals surface area contributed by atoms with Crippen molar-refractivity contribution in [1.82, 2.24) is 0 Å². The van der Waals surface area contributed by atoms with Crippen LogP contribution in [0.4, 0.5) is 0 Å². The first-order valence-electron chi connectivity index (χ1n) is 4.44. The second kappa shape index (κ2) is 4.21. The van der Waals surface area contributed by atoms with Gasteiger partial charge in [-0.3, -0.25) is 0 Å². The number of aliphatic hydroxyl groups is 1. The van der Waals surface area contributed by atoms with E-state index in [2.05, 4.69) is 0 Å². The number of rotatable bonds is 4. The van der Waals surface area contributed by atoms with Crippen LogP contribution in [0.1, 0.15) is 19.8 Å². The van der Waals surface area contributed by atoms with Gasteiger partial charge in [0, 0.05) is 19.1 Å². The highest BCUT2D eigenvalue weighted by atomic mass is 16.5. The van der Waals surface area contributed by atoms with Gasteiger partial charge in [-0.05, 0) is 19.8 Å². The van der Waals surface area contributed by atoms with Crippen LogP contribution >= 0.6 is 0 Å². The van der Waals surface area contributed by atoms with E-state index in [1.165, 1.54) is 0 Å². The van der Waals surface area contributed by atoms with Gasteiger partial charge in [0.1, 0.15) is 0 Å². The van der Waals surface area contributed by atoms with E-state index in [0.717, 1.165) is 19.4 Å². The molecule has 0 aromatic carbocycles. The Labute approximate surface area is 73.7 Å². The Balaban J connectivity index is 2.43. The SMILES string of the molecule is COC(C)CC1(CO)CCOC1. The molecule has 0 bridgehead atoms. The van der Waals surface area contributed by atoms with Crippen LogP contribution in [0.2, 0.25) is 0 Å². The molecule has 0 saturated carbocycles. The molecule has 1 aliphatic heterocycles. The molecule has 0 amide bonds. The van der Waals surface area contributed by atoms with E-state index in [0.29, 0.717) is 6.61 Å². The summed E-state index contributed by atoms with van der Waals surface area (Å²) >= 11 is 0. The summed E-state index contributed by atoms with van der Waals surface area (Å²) in [7, 11) is 1.70. The Kier molecular flexibility index (Phi) is 3.50. The fraction of sp³-hybridized carbons (Fsp3) is 1.00. The minimum absolute atomic E-state index is 0.0323. The summed E-state index contributed by atoms with van der Waals surface area (Å²) in [6, 6.07) is 0. The van der Waals surface area contributed by atoms with Crippen LogP contribution in [-0.2, 0) is 9.47 Å². The maximum Gasteiger partial charge on any atom is 0.0550 e. The summed E-state index contributed by atoms with van der Waals surface area (Å²) in [5.41, 5.74) is -0.0323. The fourth-order valence-electron chi connectivity index (χ4n) is 1.69. The second-order valence-corrected chi connectivity index (χ2v) is 3.71. The Hall–Kier alpha value is -0.120. The van der Waals surface area contributed by atoms with Crippen molar-refractivity contribution < 1.29 is 14.6 Å². The fourth-order valence-corrected chi connectivity index (χ4v) is 1.69. The lowest BCUT2D eigenvalue weighted by atomic mass is 9.83. The van der Waals surface area contributed by atoms with Gasteiger partial charge in [-0.15, -0.1) is 0 Å². The monoisotopic (exact) mass is 174 g/mol. The predicted octanol–water partition coefficient (Wildman–Crippen LogP) is 0.810. The molecule has 12 heavy (non-hydrogen) atoms. The predicted molar refractivity (Wildman–Crippen MR) is 46.0 cm³/mol. The molecule has 0 aliphatic carbocycles. The van der Waals surface area contributed by atoms with Crippen molar-refractivity contribution in [3.05, 3.63) is 0 Å². The summed E-state index contributed by atoms with van der Waals surface area (Å²) in [5.74, 6) is 0. The summed E-state index contributed by atoms with van der Waals surface area (Å²) in [6.07, 6.45) is 2.05. The first-order chi connectivity index (χ1) is 5.72. The van der Waals surface area contributed by atoms with Gasteiger partial charge in [-0.1, -0.05) is 0 Å². The van der Waals surface area contributed by atoms with E-state index >= 15 is 0 Å². The molecule has 2 unspecified atom stereocenters. The third-order valence-corrected chi connectivity index (χ3v) is 2.64. The van der Waals surface area contributed by atoms with Gasteiger partial charge < -0.3 is 14.6 Å². The van der Waals surface area contributed by atoms with Gasteiger partial charge in [0.2, 0.25) is 0 Å². The number of ether oxygens (including phenoxy) is 2. The molecule has 72 valence electrons. The van der Waals surface area contributed by atoms with E-state index in [-0.39, 0.29) is 18.1 Å². The smallest absolute Gasteiger partial charge is 0.0550 e. The lowest BCUT2D eigenvalue weighted by molar-refractivity contribution is 0.0242. The third kappa shape index (κ3) is 2.19. The molecule has 0 radical (unpaired) electrons. The summed E-state index contributed by atoms with van der Waals surface area (Å²) in [5, 5.41) is 9.23. The van der Waals surface area contributed by atoms with Crippen molar-refractivity contribution in [3.63, 3.8) is 0 Å². The van der Waals surface area contributed by atoms with E-state index in [1.807, 2.05) is 6.92 Å². The van der Waals surface area contributed by atoms with Gasteiger partial charge in [0.15, 0.2) is 0 Å². The largest absolute Gasteiger partial charge is 0.396 e. The van der Waals surface area contributed by atoms with E-state index in [1.54, 1.807) is 7.11 Å². The van der Waals surface area contributed by atoms with Crippen LogP contribution in [-0.4, -0.2) is 38.1 Å². The molecule has 1 rings (SSSR count). The van der Waals surface area contributed by atoms with Crippen molar-refractivity contribution in [3.8, 4) is 0 Å². The van der Waals surface area contributed by atoms with Gasteiger partial charge in [0.25, 0.3) is 0 Å². The highest BCUT2D eigenvalue weighted by Gasteiger charge is 2.35. The number of hydrogen-bond donors (Lipinski definition) is 1. The normalized spacial score (nSPS) is 32.2. The quantitative estimate of drug-likeness (QED) is 0.685. The average molecular weight is 174 g/mol. The van der Waals surface area contributed by atoms with Gasteiger partial charge in [-0.25, -0.2) is 0 Å². The van der Waals surface area contributed by atoms with Crippen LogP contribution in [0.25, 0.3) is 0 Å². The molecule has 0 spiro atoms. The molecule has 1 saturated heterocycles. The molecular formula is C9H18O3. The highest BCUT2D eigenvalue weighted by molar-refractivity contribution is 4.84. The lowest BCUT2D eigenvalue weighted by Crippen LogP contribution is -2.30. The van der Waals surface area contributed by atoms with E-state index < -0.39 is 0 Å². The average Bonchev–Trinajstić information content (AvgIpc) is 2.54. The van der Waals surface area contributed by atoms with E-state index in [9.17, 15) is 5.11 Å². The van der Waals surface area contributed by atoms with Crippen LogP contribution < -0.4 is 0 Å². The molecule has 2 atom stereocenters. The highest BCUT2D eigenvalue weighted by Crippen LogP contribution is 2.33. The van der Waals surface area contributed by atoms with Crippen molar-refractivity contribution >= 4 is 0 Å². The summed E-state index contributed by atoms with van der Waals surface area (Å²) in [6.45, 7) is 3.69. The minimum Gasteiger partial charge on any atom is -0.396 e. The maximum atomic E-state index is 9.23. The summed E-state index contributed by atoms with van der Waals surface area (Å²) in [4.78, 5) is 0. The van der Waals surface area contributed by atoms with Crippen LogP contribution in [0.15, 0.2) is 0 Å². The van der Waals surface area contributed by atoms with Gasteiger partial charge in [-0.2, -0.15) is 0 Å². The van der Waals surface area contributed by atoms with Crippen LogP contribution in [0, 0.1) is 5.41 Å². The lowest BCUT2D eigenvalue weighted by Gasteiger charge is -2.27. The van der Waals surface area contributed by atoms with Crippen molar-refractivity contribution in [2.75, 3.05) is 26.9 Å². The van der Waals surface area contributed by atoms with Gasteiger partial charge >= 0.3 is 0 Å². The van der Waals surface area contributed by atoms with Crippen molar-refractivity contribution in [2.24, 2.45) is 5.41 Å². The second-order valence-electron chi connectivity index (χ2n) is 3.71. The summed E-state index contributed by atoms with van der Waals surface area (Å²) < 4.78 is 10.5. The molecule has 0 aromatic rings. The van der Waals surface area contributed by atoms with Crippen molar-refractivity contribution in [2.45, 2.75) is 25.9 Å². The molecular weight excluding hydrogens is 156 g/mol. The van der Waals surface area contributed by atoms with Crippen LogP contribution in [0.3, 0.4) is 0 Å². The molecule has 1 fully saturated rings. The molecule has 1 heterocycles. The molecule has 3 heteroatoms. The topological polar surface area (TPSA) is 38.7 Å². The Morgan fingerprint density at radius 3 is 2.83 bits per heavy atom. The number of aliphatic hydroxyl groups excluding tert-OH is 1. The van der Waals surface area contributed by atoms with Gasteiger partial charge in [0.05, 0.1) is 19.3 Å². The zero-order valence-corrected chi connectivity index (χ0v) is 7.88. The van der Waals surface area contributed by atoms with Crippen molar-refractivity contribution in [1.29, 1.82) is 0 Å². The Morgan fingerprint density at radius 1 is 1.67 bits per heavy atom. The number of hydrogen-bond acceptors (Lipinski definition) is 3. The molecule has 1 N–H and O–H groups in total. The molecule has 3 nitrogen and oxygen atoms in total. The zero-order valence-electron chi connectivity index (χ0n) is 7.88. The van der Waals surface area contributed by atoms with Crippen LogP contribution in [0.5, 0.6) is 0 Å². The Bertz CT molecular complexity index is 130. The van der Waals surface area contributed by atoms with E-state index in [4.69, 9.17) is 9.47 Å². The molecule has 1 aliphatic rings. The Morgan fingerprint density at radius 2 is 2.42 bits per heavy atom. The molecule has 0 aromatic heterocycles. The third-order valence-electron chi connectivity index (χ3n) is 2.64. The maximum absolute atomic E-state index is 9.23.